The van der Waals surface area contributed by atoms with Gasteiger partial charge < -0.3 is 9.67 Å². The first-order valence-electron chi connectivity index (χ1n) is 6.10. The topological polar surface area (TPSA) is 38.0 Å². The number of aromatic nitrogens is 2. The lowest BCUT2D eigenvalue weighted by molar-refractivity contribution is 0.300. The average Bonchev–Trinajstić information content (AvgIpc) is 2.80. The highest BCUT2D eigenvalue weighted by atomic mass is 35.5. The fraction of sp³-hybridized carbons (Fsp3) is 0.133. The summed E-state index contributed by atoms with van der Waals surface area (Å²) in [4.78, 5) is 4.18. The molecule has 0 unspecified atom stereocenters. The minimum atomic E-state index is 0.141. The van der Waals surface area contributed by atoms with Crippen LogP contribution in [0.4, 0.5) is 0 Å². The van der Waals surface area contributed by atoms with Crippen LogP contribution in [0.25, 0.3) is 16.6 Å². The minimum Gasteiger partial charge on any atom is -0.396 e. The number of nitrogens with zero attached hydrogens (tertiary/aromatic N) is 2. The summed E-state index contributed by atoms with van der Waals surface area (Å²) in [7, 11) is 0. The first-order chi connectivity index (χ1) is 9.29. The Kier molecular flexibility index (Phi) is 3.23. The minimum absolute atomic E-state index is 0.141. The normalized spacial score (nSPS) is 11.1. The van der Waals surface area contributed by atoms with Crippen LogP contribution in [0.3, 0.4) is 0 Å². The van der Waals surface area contributed by atoms with Crippen molar-refractivity contribution in [3.8, 4) is 5.69 Å². The predicted molar refractivity (Wildman–Crippen MR) is 76.9 cm³/mol. The molecule has 4 heteroatoms. The van der Waals surface area contributed by atoms with Gasteiger partial charge in [0, 0.05) is 35.1 Å². The summed E-state index contributed by atoms with van der Waals surface area (Å²) in [5.74, 6) is 0. The zero-order chi connectivity index (χ0) is 13.2. The smallest absolute Gasteiger partial charge is 0.0715 e. The Morgan fingerprint density at radius 2 is 1.95 bits per heavy atom. The molecule has 96 valence electrons. The van der Waals surface area contributed by atoms with Crippen molar-refractivity contribution >= 4 is 22.5 Å². The number of aliphatic hydroxyl groups is 1. The van der Waals surface area contributed by atoms with Crippen molar-refractivity contribution in [1.29, 1.82) is 0 Å². The van der Waals surface area contributed by atoms with Gasteiger partial charge in [0.1, 0.15) is 0 Å². The van der Waals surface area contributed by atoms with E-state index in [9.17, 15) is 0 Å². The van der Waals surface area contributed by atoms with Gasteiger partial charge >= 0.3 is 0 Å². The Morgan fingerprint density at radius 1 is 1.16 bits per heavy atom. The zero-order valence-electron chi connectivity index (χ0n) is 10.3. The fourth-order valence-corrected chi connectivity index (χ4v) is 2.41. The molecule has 19 heavy (non-hydrogen) atoms. The summed E-state index contributed by atoms with van der Waals surface area (Å²) in [5.41, 5.74) is 3.19. The quantitative estimate of drug-likeness (QED) is 0.795. The van der Waals surface area contributed by atoms with Gasteiger partial charge in [0.2, 0.25) is 0 Å². The molecular formula is C15H13ClN2O. The molecule has 0 amide bonds. The second-order valence-electron chi connectivity index (χ2n) is 4.37. The summed E-state index contributed by atoms with van der Waals surface area (Å²) in [5, 5.41) is 11.0. The van der Waals surface area contributed by atoms with E-state index in [1.54, 1.807) is 6.20 Å². The third-order valence-corrected chi connectivity index (χ3v) is 3.43. The van der Waals surface area contributed by atoms with E-state index in [-0.39, 0.29) is 6.61 Å². The van der Waals surface area contributed by atoms with Crippen molar-refractivity contribution in [3.63, 3.8) is 0 Å². The van der Waals surface area contributed by atoms with Crippen molar-refractivity contribution in [2.75, 3.05) is 6.61 Å². The lowest BCUT2D eigenvalue weighted by Crippen LogP contribution is -1.92. The highest BCUT2D eigenvalue weighted by Gasteiger charge is 2.09. The molecule has 1 aromatic carbocycles. The molecule has 0 aliphatic heterocycles. The Balaban J connectivity index is 2.20. The highest BCUT2D eigenvalue weighted by Crippen LogP contribution is 2.25. The molecule has 3 nitrogen and oxygen atoms in total. The molecule has 3 rings (SSSR count). The van der Waals surface area contributed by atoms with E-state index in [4.69, 9.17) is 16.7 Å². The van der Waals surface area contributed by atoms with Crippen LogP contribution in [-0.2, 0) is 6.42 Å². The van der Waals surface area contributed by atoms with Crippen LogP contribution < -0.4 is 0 Å². The molecule has 0 fully saturated rings. The van der Waals surface area contributed by atoms with Crippen molar-refractivity contribution in [3.05, 3.63) is 59.5 Å². The van der Waals surface area contributed by atoms with E-state index in [1.807, 2.05) is 42.7 Å². The molecule has 0 radical (unpaired) electrons. The second kappa shape index (κ2) is 5.03. The monoisotopic (exact) mass is 272 g/mol. The van der Waals surface area contributed by atoms with Crippen LogP contribution in [0.2, 0.25) is 5.02 Å². The van der Waals surface area contributed by atoms with Gasteiger partial charge in [-0.3, -0.25) is 4.98 Å². The molecule has 2 heterocycles. The third-order valence-electron chi connectivity index (χ3n) is 3.18. The van der Waals surface area contributed by atoms with Crippen LogP contribution in [0, 0.1) is 0 Å². The number of pyridine rings is 1. The van der Waals surface area contributed by atoms with Gasteiger partial charge in [0.25, 0.3) is 0 Å². The Morgan fingerprint density at radius 3 is 2.68 bits per heavy atom. The summed E-state index contributed by atoms with van der Waals surface area (Å²) in [6, 6.07) is 9.65. The molecular weight excluding hydrogens is 260 g/mol. The SMILES string of the molecule is OCCc1cn(-c2ccc(Cl)cc2)c2cnccc12. The number of hydrogen-bond acceptors (Lipinski definition) is 2. The molecule has 0 aliphatic carbocycles. The summed E-state index contributed by atoms with van der Waals surface area (Å²) < 4.78 is 2.07. The molecule has 2 aromatic heterocycles. The molecule has 3 aromatic rings. The van der Waals surface area contributed by atoms with Gasteiger partial charge in [-0.15, -0.1) is 0 Å². The first kappa shape index (κ1) is 12.2. The second-order valence-corrected chi connectivity index (χ2v) is 4.80. The largest absolute Gasteiger partial charge is 0.396 e. The molecule has 0 saturated heterocycles. The summed E-state index contributed by atoms with van der Waals surface area (Å²) in [6.07, 6.45) is 6.30. The Bertz CT molecular complexity index is 704. The first-order valence-corrected chi connectivity index (χ1v) is 6.48. The average molecular weight is 273 g/mol. The lowest BCUT2D eigenvalue weighted by atomic mass is 10.1. The van der Waals surface area contributed by atoms with Crippen LogP contribution in [0.1, 0.15) is 5.56 Å². The van der Waals surface area contributed by atoms with Gasteiger partial charge in [-0.1, -0.05) is 11.6 Å². The predicted octanol–water partition coefficient (Wildman–Crippen LogP) is 3.21. The molecule has 0 aliphatic rings. The number of halogens is 1. The third kappa shape index (κ3) is 2.23. The van der Waals surface area contributed by atoms with E-state index in [0.29, 0.717) is 11.4 Å². The molecule has 0 atom stereocenters. The Labute approximate surface area is 116 Å². The summed E-state index contributed by atoms with van der Waals surface area (Å²) >= 11 is 5.92. The number of rotatable bonds is 3. The van der Waals surface area contributed by atoms with Crippen LogP contribution >= 0.6 is 11.6 Å². The standard InChI is InChI=1S/C15H13ClN2O/c16-12-1-3-13(4-2-12)18-10-11(6-8-19)14-5-7-17-9-15(14)18/h1-5,7,9-10,19H,6,8H2. The maximum absolute atomic E-state index is 9.15. The molecule has 0 bridgehead atoms. The van der Waals surface area contributed by atoms with Gasteiger partial charge in [-0.05, 0) is 42.3 Å². The summed E-state index contributed by atoms with van der Waals surface area (Å²) in [6.45, 7) is 0.141. The lowest BCUT2D eigenvalue weighted by Gasteiger charge is -2.04. The van der Waals surface area contributed by atoms with E-state index in [1.165, 1.54) is 0 Å². The van der Waals surface area contributed by atoms with Crippen LogP contribution in [0.5, 0.6) is 0 Å². The van der Waals surface area contributed by atoms with Crippen LogP contribution in [0.15, 0.2) is 48.9 Å². The number of fused-ring (bicyclic) bond motifs is 1. The van der Waals surface area contributed by atoms with Gasteiger partial charge in [-0.25, -0.2) is 0 Å². The van der Waals surface area contributed by atoms with E-state index in [0.717, 1.165) is 22.2 Å². The van der Waals surface area contributed by atoms with Crippen LogP contribution in [-0.4, -0.2) is 21.3 Å². The van der Waals surface area contributed by atoms with Gasteiger partial charge in [-0.2, -0.15) is 0 Å². The van der Waals surface area contributed by atoms with Gasteiger partial charge in [0.05, 0.1) is 11.7 Å². The highest BCUT2D eigenvalue weighted by molar-refractivity contribution is 6.30. The number of hydrogen-bond donors (Lipinski definition) is 1. The van der Waals surface area contributed by atoms with E-state index in [2.05, 4.69) is 9.55 Å². The molecule has 0 spiro atoms. The Hall–Kier alpha value is -1.84. The maximum Gasteiger partial charge on any atom is 0.0715 e. The van der Waals surface area contributed by atoms with E-state index >= 15 is 0 Å². The molecule has 1 N–H and O–H groups in total. The van der Waals surface area contributed by atoms with Crippen molar-refractivity contribution in [1.82, 2.24) is 9.55 Å². The van der Waals surface area contributed by atoms with Crippen molar-refractivity contribution in [2.45, 2.75) is 6.42 Å². The zero-order valence-corrected chi connectivity index (χ0v) is 11.0. The molecule has 0 saturated carbocycles. The fourth-order valence-electron chi connectivity index (χ4n) is 2.28. The van der Waals surface area contributed by atoms with Crippen molar-refractivity contribution < 1.29 is 5.11 Å². The number of aliphatic hydroxyl groups excluding tert-OH is 1. The number of benzene rings is 1. The van der Waals surface area contributed by atoms with Crippen molar-refractivity contribution in [2.24, 2.45) is 0 Å². The maximum atomic E-state index is 9.15. The van der Waals surface area contributed by atoms with E-state index < -0.39 is 0 Å². The van der Waals surface area contributed by atoms with Gasteiger partial charge in [0.15, 0.2) is 0 Å².